The normalized spacial score (nSPS) is 12.4. The van der Waals surface area contributed by atoms with E-state index in [4.69, 9.17) is 9.97 Å². The van der Waals surface area contributed by atoms with Crippen LogP contribution in [0.25, 0.3) is 89.2 Å². The molecular formula is C49H33N3. The van der Waals surface area contributed by atoms with Crippen LogP contribution in [0.3, 0.4) is 0 Å². The first kappa shape index (κ1) is 30.0. The molecule has 0 atom stereocenters. The van der Waals surface area contributed by atoms with Gasteiger partial charge in [0.2, 0.25) is 0 Å². The molecule has 7 aromatic carbocycles. The summed E-state index contributed by atoms with van der Waals surface area (Å²) in [4.78, 5) is 10.4. The highest BCUT2D eigenvalue weighted by Crippen LogP contribution is 2.38. The number of nitrogens with zero attached hydrogens (tertiary/aromatic N) is 3. The van der Waals surface area contributed by atoms with Crippen LogP contribution in [0.2, 0.25) is 0 Å². The number of hydrogen-bond acceptors (Lipinski definition) is 2. The number of allylic oxidation sites excluding steroid dienone is 3. The van der Waals surface area contributed by atoms with E-state index in [0.29, 0.717) is 0 Å². The van der Waals surface area contributed by atoms with Crippen molar-refractivity contribution >= 4 is 38.7 Å². The van der Waals surface area contributed by atoms with Crippen molar-refractivity contribution < 1.29 is 0 Å². The summed E-state index contributed by atoms with van der Waals surface area (Å²) >= 11 is 0. The van der Waals surface area contributed by atoms with E-state index in [9.17, 15) is 0 Å². The zero-order valence-electron chi connectivity index (χ0n) is 28.4. The van der Waals surface area contributed by atoms with E-state index < -0.39 is 0 Å². The van der Waals surface area contributed by atoms with Gasteiger partial charge in [0.25, 0.3) is 0 Å². The molecule has 2 heterocycles. The molecule has 244 valence electrons. The summed E-state index contributed by atoms with van der Waals surface area (Å²) in [5, 5.41) is 4.77. The Hall–Kier alpha value is -6.84. The molecule has 9 aromatic rings. The van der Waals surface area contributed by atoms with Gasteiger partial charge in [-0.25, -0.2) is 9.97 Å². The molecule has 1 aliphatic carbocycles. The summed E-state index contributed by atoms with van der Waals surface area (Å²) in [6.45, 7) is 0. The smallest absolute Gasteiger partial charge is 0.160 e. The summed E-state index contributed by atoms with van der Waals surface area (Å²) in [6.07, 6.45) is 9.67. The lowest BCUT2D eigenvalue weighted by atomic mass is 9.97. The second-order valence-electron chi connectivity index (χ2n) is 13.4. The number of para-hydroxylation sites is 1. The van der Waals surface area contributed by atoms with Gasteiger partial charge in [-0.1, -0.05) is 152 Å². The highest BCUT2D eigenvalue weighted by Gasteiger charge is 2.19. The van der Waals surface area contributed by atoms with E-state index in [1.165, 1.54) is 55.3 Å². The van der Waals surface area contributed by atoms with Gasteiger partial charge in [-0.05, 0) is 69.4 Å². The van der Waals surface area contributed by atoms with Crippen LogP contribution in [0, 0.1) is 0 Å². The third-order valence-corrected chi connectivity index (χ3v) is 10.3. The van der Waals surface area contributed by atoms with Crippen LogP contribution in [0.4, 0.5) is 0 Å². The van der Waals surface area contributed by atoms with E-state index in [2.05, 4.69) is 193 Å². The van der Waals surface area contributed by atoms with Crippen LogP contribution in [-0.4, -0.2) is 14.5 Å². The van der Waals surface area contributed by atoms with Crippen LogP contribution in [0.5, 0.6) is 0 Å². The predicted octanol–water partition coefficient (Wildman–Crippen LogP) is 12.5. The largest absolute Gasteiger partial charge is 0.313 e. The molecular weight excluding hydrogens is 631 g/mol. The van der Waals surface area contributed by atoms with Gasteiger partial charge < -0.3 is 4.57 Å². The summed E-state index contributed by atoms with van der Waals surface area (Å²) < 4.78 is 2.41. The van der Waals surface area contributed by atoms with Crippen LogP contribution < -0.4 is 0 Å². The molecule has 52 heavy (non-hydrogen) atoms. The van der Waals surface area contributed by atoms with Crippen molar-refractivity contribution in [1.82, 2.24) is 14.5 Å². The molecule has 3 heteroatoms. The number of benzene rings is 7. The molecule has 2 aromatic heterocycles. The monoisotopic (exact) mass is 663 g/mol. The van der Waals surface area contributed by atoms with Gasteiger partial charge in [0, 0.05) is 45.3 Å². The zero-order valence-corrected chi connectivity index (χ0v) is 28.4. The molecule has 0 radical (unpaired) electrons. The highest BCUT2D eigenvalue weighted by molar-refractivity contribution is 6.00. The van der Waals surface area contributed by atoms with Gasteiger partial charge in [-0.3, -0.25) is 0 Å². The Morgan fingerprint density at radius 3 is 2.02 bits per heavy atom. The summed E-state index contributed by atoms with van der Waals surface area (Å²) in [5.74, 6) is 0.718. The van der Waals surface area contributed by atoms with Crippen LogP contribution >= 0.6 is 0 Å². The minimum atomic E-state index is 0.718. The maximum atomic E-state index is 5.25. The molecule has 0 spiro atoms. The van der Waals surface area contributed by atoms with Crippen LogP contribution in [0.1, 0.15) is 11.3 Å². The topological polar surface area (TPSA) is 30.7 Å². The Morgan fingerprint density at radius 2 is 1.17 bits per heavy atom. The van der Waals surface area contributed by atoms with Crippen molar-refractivity contribution in [2.45, 2.75) is 6.42 Å². The second-order valence-corrected chi connectivity index (χ2v) is 13.4. The molecule has 0 saturated heterocycles. The van der Waals surface area contributed by atoms with Crippen molar-refractivity contribution in [3.05, 3.63) is 193 Å². The van der Waals surface area contributed by atoms with Gasteiger partial charge in [-0.15, -0.1) is 0 Å². The summed E-state index contributed by atoms with van der Waals surface area (Å²) in [6, 6.07) is 58.3. The SMILES string of the molecule is C1=CCc2c(c3cc(-c4ccc5nc(-c6ccc(-c7cccc8ccccc78)cc6)nc(-c6ccccc6)c5c4)ccc3n2-c2ccccc2)C=C1. The maximum Gasteiger partial charge on any atom is 0.160 e. The summed E-state index contributed by atoms with van der Waals surface area (Å²) in [7, 11) is 0. The average molecular weight is 664 g/mol. The van der Waals surface area contributed by atoms with Crippen molar-refractivity contribution in [1.29, 1.82) is 0 Å². The second kappa shape index (κ2) is 12.5. The van der Waals surface area contributed by atoms with Gasteiger partial charge in [0.05, 0.1) is 16.7 Å². The first-order chi connectivity index (χ1) is 25.8. The Balaban J connectivity index is 1.09. The van der Waals surface area contributed by atoms with Crippen molar-refractivity contribution in [3.8, 4) is 50.6 Å². The van der Waals surface area contributed by atoms with Gasteiger partial charge >= 0.3 is 0 Å². The molecule has 0 amide bonds. The number of aromatic nitrogens is 3. The Kier molecular flexibility index (Phi) is 7.21. The van der Waals surface area contributed by atoms with Gasteiger partial charge in [-0.2, -0.15) is 0 Å². The molecule has 0 N–H and O–H groups in total. The molecule has 0 saturated carbocycles. The van der Waals surface area contributed by atoms with E-state index in [0.717, 1.165) is 45.5 Å². The van der Waals surface area contributed by atoms with Gasteiger partial charge in [0.1, 0.15) is 0 Å². The lowest BCUT2D eigenvalue weighted by molar-refractivity contribution is 1.00. The van der Waals surface area contributed by atoms with E-state index in [1.807, 2.05) is 0 Å². The van der Waals surface area contributed by atoms with E-state index in [-0.39, 0.29) is 0 Å². The molecule has 0 aliphatic heterocycles. The first-order valence-electron chi connectivity index (χ1n) is 17.8. The quantitative estimate of drug-likeness (QED) is 0.183. The number of rotatable bonds is 5. The maximum absolute atomic E-state index is 5.25. The fraction of sp³-hybridized carbons (Fsp3) is 0.0204. The van der Waals surface area contributed by atoms with E-state index in [1.54, 1.807) is 0 Å². The fourth-order valence-electron chi connectivity index (χ4n) is 7.75. The van der Waals surface area contributed by atoms with E-state index >= 15 is 0 Å². The molecule has 3 nitrogen and oxygen atoms in total. The van der Waals surface area contributed by atoms with Crippen LogP contribution in [-0.2, 0) is 6.42 Å². The van der Waals surface area contributed by atoms with Gasteiger partial charge in [0.15, 0.2) is 5.82 Å². The fourth-order valence-corrected chi connectivity index (χ4v) is 7.75. The van der Waals surface area contributed by atoms with Crippen LogP contribution in [0.15, 0.2) is 182 Å². The standard InChI is InChI=1S/C49H33N3/c1-4-14-35(15-5-1)48-44-32-37(38-28-30-47-43(31-38)42-20-8-3-9-22-46(42)52(47)39-17-6-2-7-18-39)27-29-45(44)50-49(51-48)36-25-23-34(24-26-36)41-21-12-16-33-13-10-11-19-40(33)41/h1-21,23-32H,22H2. The minimum absolute atomic E-state index is 0.718. The highest BCUT2D eigenvalue weighted by atomic mass is 15.0. The molecule has 10 rings (SSSR count). The summed E-state index contributed by atoms with van der Waals surface area (Å²) in [5.41, 5.74) is 13.6. The molecule has 0 bridgehead atoms. The predicted molar refractivity (Wildman–Crippen MR) is 217 cm³/mol. The first-order valence-corrected chi connectivity index (χ1v) is 17.8. The van der Waals surface area contributed by atoms with Crippen molar-refractivity contribution in [3.63, 3.8) is 0 Å². The number of hydrogen-bond donors (Lipinski definition) is 0. The van der Waals surface area contributed by atoms with Crippen molar-refractivity contribution in [2.75, 3.05) is 0 Å². The lowest BCUT2D eigenvalue weighted by Gasteiger charge is -2.12. The third-order valence-electron chi connectivity index (χ3n) is 10.3. The van der Waals surface area contributed by atoms with Crippen molar-refractivity contribution in [2.24, 2.45) is 0 Å². The Labute approximate surface area is 302 Å². The zero-order chi connectivity index (χ0) is 34.4. The average Bonchev–Trinajstić information content (AvgIpc) is 3.33. The number of fused-ring (bicyclic) bond motifs is 5. The minimum Gasteiger partial charge on any atom is -0.313 e. The Bertz CT molecular complexity index is 2840. The third kappa shape index (κ3) is 5.14. The molecule has 0 fully saturated rings. The molecule has 0 unspecified atom stereocenters. The lowest BCUT2D eigenvalue weighted by Crippen LogP contribution is -1.99. The molecule has 1 aliphatic rings. The Morgan fingerprint density at radius 1 is 0.481 bits per heavy atom.